The van der Waals surface area contributed by atoms with E-state index in [1.807, 2.05) is 38.1 Å². The average molecular weight is 367 g/mol. The van der Waals surface area contributed by atoms with Gasteiger partial charge in [-0.2, -0.15) is 18.4 Å². The van der Waals surface area contributed by atoms with Crippen LogP contribution in [0.25, 0.3) is 22.4 Å². The Morgan fingerprint density at radius 3 is 2.33 bits per heavy atom. The van der Waals surface area contributed by atoms with Crippen molar-refractivity contribution in [3.8, 4) is 28.5 Å². The molecule has 3 nitrogen and oxygen atoms in total. The van der Waals surface area contributed by atoms with Crippen LogP contribution < -0.4 is 5.73 Å². The van der Waals surface area contributed by atoms with Gasteiger partial charge in [0.1, 0.15) is 17.5 Å². The quantitative estimate of drug-likeness (QED) is 0.650. The molecule has 27 heavy (non-hydrogen) atoms. The molecule has 0 unspecified atom stereocenters. The van der Waals surface area contributed by atoms with E-state index in [9.17, 15) is 18.4 Å². The summed E-state index contributed by atoms with van der Waals surface area (Å²) in [4.78, 5) is 4.27. The Hall–Kier alpha value is -3.33. The zero-order chi connectivity index (χ0) is 19.8. The summed E-state index contributed by atoms with van der Waals surface area (Å²) in [6, 6.07) is 14.3. The van der Waals surface area contributed by atoms with E-state index in [1.165, 1.54) is 24.3 Å². The highest BCUT2D eigenvalue weighted by Crippen LogP contribution is 2.40. The van der Waals surface area contributed by atoms with Crippen LogP contribution in [0.3, 0.4) is 0 Å². The third-order valence-electron chi connectivity index (χ3n) is 4.35. The monoisotopic (exact) mass is 367 g/mol. The van der Waals surface area contributed by atoms with Crippen molar-refractivity contribution in [1.82, 2.24) is 4.98 Å². The number of nitrogen functional groups attached to an aromatic ring is 1. The van der Waals surface area contributed by atoms with Crippen LogP contribution in [-0.4, -0.2) is 4.98 Å². The van der Waals surface area contributed by atoms with Gasteiger partial charge in [-0.3, -0.25) is 0 Å². The van der Waals surface area contributed by atoms with E-state index in [-0.39, 0.29) is 22.5 Å². The number of nitrogens with zero attached hydrogens (tertiary/aromatic N) is 2. The van der Waals surface area contributed by atoms with Crippen molar-refractivity contribution in [3.05, 3.63) is 70.8 Å². The Morgan fingerprint density at radius 1 is 0.963 bits per heavy atom. The van der Waals surface area contributed by atoms with Gasteiger partial charge in [0.25, 0.3) is 0 Å². The van der Waals surface area contributed by atoms with Gasteiger partial charge in [-0.25, -0.2) is 4.98 Å². The van der Waals surface area contributed by atoms with Gasteiger partial charge in [0, 0.05) is 11.1 Å². The van der Waals surface area contributed by atoms with E-state index in [2.05, 4.69) is 4.98 Å². The molecular weight excluding hydrogens is 351 g/mol. The van der Waals surface area contributed by atoms with E-state index in [1.54, 1.807) is 0 Å². The molecule has 3 aromatic rings. The third kappa shape index (κ3) is 3.49. The molecule has 0 aliphatic heterocycles. The van der Waals surface area contributed by atoms with E-state index in [0.29, 0.717) is 5.69 Å². The fourth-order valence-electron chi connectivity index (χ4n) is 3.01. The molecule has 0 radical (unpaired) electrons. The second kappa shape index (κ2) is 6.76. The van der Waals surface area contributed by atoms with Gasteiger partial charge in [0.05, 0.1) is 11.3 Å². The number of hydrogen-bond donors (Lipinski definition) is 1. The molecule has 0 saturated heterocycles. The van der Waals surface area contributed by atoms with Crippen LogP contribution in [0.5, 0.6) is 0 Å². The van der Waals surface area contributed by atoms with Crippen LogP contribution >= 0.6 is 0 Å². The van der Waals surface area contributed by atoms with Gasteiger partial charge in [0.15, 0.2) is 0 Å². The molecule has 0 aliphatic carbocycles. The summed E-state index contributed by atoms with van der Waals surface area (Å²) in [6.07, 6.45) is -4.55. The Labute approximate surface area is 154 Å². The Kier molecular flexibility index (Phi) is 4.63. The summed E-state index contributed by atoms with van der Waals surface area (Å²) >= 11 is 0. The number of rotatable bonds is 2. The molecule has 0 amide bonds. The van der Waals surface area contributed by atoms with E-state index < -0.39 is 11.7 Å². The molecular formula is C21H16F3N3. The molecule has 0 bridgehead atoms. The predicted octanol–water partition coefficient (Wildman–Crippen LogP) is 5.51. The fourth-order valence-corrected chi connectivity index (χ4v) is 3.01. The molecule has 0 fully saturated rings. The van der Waals surface area contributed by atoms with E-state index >= 15 is 0 Å². The van der Waals surface area contributed by atoms with E-state index in [4.69, 9.17) is 5.73 Å². The minimum atomic E-state index is -4.55. The van der Waals surface area contributed by atoms with Crippen molar-refractivity contribution < 1.29 is 13.2 Å². The van der Waals surface area contributed by atoms with Crippen molar-refractivity contribution in [3.63, 3.8) is 0 Å². The van der Waals surface area contributed by atoms with Crippen LogP contribution in [0.2, 0.25) is 0 Å². The highest BCUT2D eigenvalue weighted by Gasteiger charge is 2.34. The van der Waals surface area contributed by atoms with Gasteiger partial charge < -0.3 is 5.73 Å². The number of hydrogen-bond acceptors (Lipinski definition) is 3. The fraction of sp³-hybridized carbons (Fsp3) is 0.143. The SMILES string of the molecule is Cc1ccc(C)c(-c2cc(-c3ccccc3C(F)(F)F)c(C#N)c(N)n2)c1. The average Bonchev–Trinajstić information content (AvgIpc) is 2.62. The van der Waals surface area contributed by atoms with Crippen LogP contribution in [0.1, 0.15) is 22.3 Å². The van der Waals surface area contributed by atoms with Crippen LogP contribution in [-0.2, 0) is 6.18 Å². The van der Waals surface area contributed by atoms with E-state index in [0.717, 1.165) is 22.8 Å². The lowest BCUT2D eigenvalue weighted by Gasteiger charge is -2.16. The molecule has 0 spiro atoms. The van der Waals surface area contributed by atoms with Crippen molar-refractivity contribution >= 4 is 5.82 Å². The maximum atomic E-state index is 13.5. The molecule has 0 saturated carbocycles. The highest BCUT2D eigenvalue weighted by atomic mass is 19.4. The number of anilines is 1. The summed E-state index contributed by atoms with van der Waals surface area (Å²) in [5, 5.41) is 9.46. The summed E-state index contributed by atoms with van der Waals surface area (Å²) in [7, 11) is 0. The zero-order valence-corrected chi connectivity index (χ0v) is 14.7. The topological polar surface area (TPSA) is 62.7 Å². The molecule has 2 aromatic carbocycles. The van der Waals surface area contributed by atoms with Crippen molar-refractivity contribution in [2.24, 2.45) is 0 Å². The lowest BCUT2D eigenvalue weighted by Crippen LogP contribution is -2.08. The summed E-state index contributed by atoms with van der Waals surface area (Å²) < 4.78 is 40.4. The molecule has 0 atom stereocenters. The number of nitriles is 1. The summed E-state index contributed by atoms with van der Waals surface area (Å²) in [5.41, 5.74) is 8.16. The Balaban J connectivity index is 2.34. The zero-order valence-electron chi connectivity index (χ0n) is 14.7. The summed E-state index contributed by atoms with van der Waals surface area (Å²) in [6.45, 7) is 3.80. The number of aromatic nitrogens is 1. The number of halogens is 3. The van der Waals surface area contributed by atoms with Crippen molar-refractivity contribution in [1.29, 1.82) is 5.26 Å². The van der Waals surface area contributed by atoms with Gasteiger partial charge in [0.2, 0.25) is 0 Å². The van der Waals surface area contributed by atoms with Crippen LogP contribution in [0.15, 0.2) is 48.5 Å². The lowest BCUT2D eigenvalue weighted by molar-refractivity contribution is -0.137. The predicted molar refractivity (Wildman–Crippen MR) is 98.7 cm³/mol. The van der Waals surface area contributed by atoms with Crippen LogP contribution in [0.4, 0.5) is 19.0 Å². The first kappa shape index (κ1) is 18.5. The lowest BCUT2D eigenvalue weighted by atomic mass is 9.93. The third-order valence-corrected chi connectivity index (χ3v) is 4.35. The number of benzene rings is 2. The smallest absolute Gasteiger partial charge is 0.383 e. The number of aryl methyl sites for hydroxylation is 2. The maximum Gasteiger partial charge on any atom is 0.417 e. The number of alkyl halides is 3. The van der Waals surface area contributed by atoms with Crippen LogP contribution in [0, 0.1) is 25.2 Å². The molecule has 2 N–H and O–H groups in total. The van der Waals surface area contributed by atoms with Gasteiger partial charge in [-0.1, -0.05) is 35.9 Å². The molecule has 6 heteroatoms. The number of pyridine rings is 1. The number of nitrogens with two attached hydrogens (primary N) is 1. The van der Waals surface area contributed by atoms with Crippen molar-refractivity contribution in [2.75, 3.05) is 5.73 Å². The second-order valence-electron chi connectivity index (χ2n) is 6.29. The normalized spacial score (nSPS) is 11.3. The highest BCUT2D eigenvalue weighted by molar-refractivity contribution is 5.82. The van der Waals surface area contributed by atoms with Gasteiger partial charge in [-0.05, 0) is 43.2 Å². The standard InChI is InChI=1S/C21H16F3N3/c1-12-7-8-13(2)15(9-12)19-10-16(17(11-25)20(26)27-19)14-5-3-4-6-18(14)21(22,23)24/h3-10H,1-2H3,(H2,26,27). The first-order valence-electron chi connectivity index (χ1n) is 8.17. The van der Waals surface area contributed by atoms with Crippen molar-refractivity contribution in [2.45, 2.75) is 20.0 Å². The first-order valence-corrected chi connectivity index (χ1v) is 8.17. The first-order chi connectivity index (χ1) is 12.7. The molecule has 136 valence electrons. The molecule has 3 rings (SSSR count). The largest absolute Gasteiger partial charge is 0.417 e. The molecule has 0 aliphatic rings. The Bertz CT molecular complexity index is 1060. The van der Waals surface area contributed by atoms with Gasteiger partial charge in [-0.15, -0.1) is 0 Å². The summed E-state index contributed by atoms with van der Waals surface area (Å²) in [5.74, 6) is -0.0946. The molecule has 1 heterocycles. The van der Waals surface area contributed by atoms with Gasteiger partial charge >= 0.3 is 6.18 Å². The Morgan fingerprint density at radius 2 is 1.67 bits per heavy atom. The minimum Gasteiger partial charge on any atom is -0.383 e. The second-order valence-corrected chi connectivity index (χ2v) is 6.29. The maximum absolute atomic E-state index is 13.5. The minimum absolute atomic E-state index is 0.0687. The molecule has 1 aromatic heterocycles.